The second kappa shape index (κ2) is 10.9. The van der Waals surface area contributed by atoms with Crippen LogP contribution >= 0.6 is 35.1 Å². The first-order valence-corrected chi connectivity index (χ1v) is 11.3. The van der Waals surface area contributed by atoms with Gasteiger partial charge in [0.2, 0.25) is 5.91 Å². The highest BCUT2D eigenvalue weighted by Gasteiger charge is 2.14. The molecule has 1 aromatic heterocycles. The van der Waals surface area contributed by atoms with Crippen molar-refractivity contribution < 1.29 is 18.3 Å². The molecule has 0 saturated carbocycles. The van der Waals surface area contributed by atoms with Gasteiger partial charge in [-0.3, -0.25) is 14.2 Å². The minimum atomic E-state index is -2.50. The van der Waals surface area contributed by atoms with Gasteiger partial charge in [-0.05, 0) is 42.5 Å². The number of hydrogen-bond acceptors (Lipinski definition) is 6. The van der Waals surface area contributed by atoms with Crippen LogP contribution in [0.3, 0.4) is 0 Å². The first-order chi connectivity index (χ1) is 14.9. The summed E-state index contributed by atoms with van der Waals surface area (Å²) in [6.45, 7) is 0.595. The second-order valence-corrected chi connectivity index (χ2v) is 8.69. The number of alkyl halides is 2. The van der Waals surface area contributed by atoms with Gasteiger partial charge in [0.25, 0.3) is 11.3 Å². The number of hydrogen-bond donors (Lipinski definition) is 1. The van der Waals surface area contributed by atoms with Crippen LogP contribution in [0.1, 0.15) is 0 Å². The Bertz CT molecular complexity index is 1130. The third kappa shape index (κ3) is 6.42. The van der Waals surface area contributed by atoms with Crippen molar-refractivity contribution in [2.24, 2.45) is 0 Å². The third-order valence-electron chi connectivity index (χ3n) is 4.10. The van der Waals surface area contributed by atoms with Gasteiger partial charge >= 0.3 is 0 Å². The summed E-state index contributed by atoms with van der Waals surface area (Å²) in [6, 6.07) is 11.0. The minimum absolute atomic E-state index is 0.000962. The Hall–Kier alpha value is -2.14. The van der Waals surface area contributed by atoms with Crippen molar-refractivity contribution in [2.75, 3.05) is 24.8 Å². The molecule has 3 rings (SSSR count). The van der Waals surface area contributed by atoms with E-state index in [0.29, 0.717) is 50.0 Å². The molecular weight excluding hydrogens is 468 g/mol. The smallest absolute Gasteiger partial charge is 0.288 e. The van der Waals surface area contributed by atoms with E-state index in [1.807, 2.05) is 0 Å². The highest BCUT2D eigenvalue weighted by molar-refractivity contribution is 8.00. The molecule has 31 heavy (non-hydrogen) atoms. The van der Waals surface area contributed by atoms with Gasteiger partial charge in [0.15, 0.2) is 5.16 Å². The van der Waals surface area contributed by atoms with Crippen LogP contribution in [0.4, 0.5) is 14.5 Å². The number of nitrogens with zero attached hydrogens (tertiary/aromatic N) is 2. The average Bonchev–Trinajstić information content (AvgIpc) is 2.72. The SMILES string of the molecule is COCCn1c(SCC(=O)Nc2ccc(SC(F)F)cc2)nc2cc(Cl)ccc2c1=O. The molecule has 0 bridgehead atoms. The maximum absolute atomic E-state index is 12.9. The molecule has 0 aliphatic rings. The van der Waals surface area contributed by atoms with E-state index in [9.17, 15) is 18.4 Å². The topological polar surface area (TPSA) is 73.2 Å². The summed E-state index contributed by atoms with van der Waals surface area (Å²) in [4.78, 5) is 30.1. The number of benzene rings is 2. The molecule has 1 heterocycles. The molecular formula is C20H18ClF2N3O3S2. The van der Waals surface area contributed by atoms with E-state index in [1.165, 1.54) is 23.8 Å². The van der Waals surface area contributed by atoms with Gasteiger partial charge in [-0.1, -0.05) is 35.1 Å². The molecule has 11 heteroatoms. The Morgan fingerprint density at radius 1 is 1.26 bits per heavy atom. The number of thioether (sulfide) groups is 2. The Kier molecular flexibility index (Phi) is 8.30. The molecule has 2 aromatic carbocycles. The highest BCUT2D eigenvalue weighted by Crippen LogP contribution is 2.26. The lowest BCUT2D eigenvalue weighted by atomic mass is 10.2. The number of rotatable bonds is 9. The number of fused-ring (bicyclic) bond motifs is 1. The molecule has 1 amide bonds. The lowest BCUT2D eigenvalue weighted by Crippen LogP contribution is -2.26. The van der Waals surface area contributed by atoms with Crippen molar-refractivity contribution >= 4 is 57.6 Å². The van der Waals surface area contributed by atoms with Crippen LogP contribution in [0, 0.1) is 0 Å². The van der Waals surface area contributed by atoms with Gasteiger partial charge in [-0.25, -0.2) is 4.98 Å². The van der Waals surface area contributed by atoms with Gasteiger partial charge in [0.05, 0.1) is 29.8 Å². The summed E-state index contributed by atoms with van der Waals surface area (Å²) in [6.07, 6.45) is 0. The van der Waals surface area contributed by atoms with Crippen LogP contribution in [0.25, 0.3) is 10.9 Å². The number of aromatic nitrogens is 2. The van der Waals surface area contributed by atoms with E-state index in [2.05, 4.69) is 10.3 Å². The molecule has 0 radical (unpaired) electrons. The molecule has 0 aliphatic carbocycles. The van der Waals surface area contributed by atoms with Crippen LogP contribution in [0.5, 0.6) is 0 Å². The van der Waals surface area contributed by atoms with Gasteiger partial charge in [-0.15, -0.1) is 0 Å². The average molecular weight is 486 g/mol. The monoisotopic (exact) mass is 485 g/mol. The zero-order valence-corrected chi connectivity index (χ0v) is 18.7. The van der Waals surface area contributed by atoms with Crippen LogP contribution < -0.4 is 10.9 Å². The van der Waals surface area contributed by atoms with Gasteiger partial charge in [-0.2, -0.15) is 8.78 Å². The van der Waals surface area contributed by atoms with Crippen molar-refractivity contribution in [3.63, 3.8) is 0 Å². The summed E-state index contributed by atoms with van der Waals surface area (Å²) in [5.41, 5.74) is 0.689. The quantitative estimate of drug-likeness (QED) is 0.348. The van der Waals surface area contributed by atoms with Crippen molar-refractivity contribution in [2.45, 2.75) is 22.4 Å². The largest absolute Gasteiger partial charge is 0.383 e. The number of carbonyl (C=O) groups excluding carboxylic acids is 1. The van der Waals surface area contributed by atoms with Crippen molar-refractivity contribution in [1.29, 1.82) is 0 Å². The normalized spacial score (nSPS) is 11.3. The van der Waals surface area contributed by atoms with E-state index in [1.54, 1.807) is 30.3 Å². The van der Waals surface area contributed by atoms with Gasteiger partial charge in [0.1, 0.15) is 0 Å². The van der Waals surface area contributed by atoms with Gasteiger partial charge in [0, 0.05) is 22.7 Å². The van der Waals surface area contributed by atoms with Crippen LogP contribution in [-0.4, -0.2) is 40.7 Å². The van der Waals surface area contributed by atoms with Crippen LogP contribution in [-0.2, 0) is 16.1 Å². The molecule has 164 valence electrons. The third-order valence-corrected chi connectivity index (χ3v) is 6.03. The number of nitrogens with one attached hydrogen (secondary N) is 1. The maximum atomic E-state index is 12.9. The zero-order chi connectivity index (χ0) is 22.4. The molecule has 0 fully saturated rings. The van der Waals surface area contributed by atoms with Crippen LogP contribution in [0.15, 0.2) is 57.3 Å². The Morgan fingerprint density at radius 3 is 2.68 bits per heavy atom. The number of ether oxygens (including phenoxy) is 1. The number of methoxy groups -OCH3 is 1. The second-order valence-electron chi connectivity index (χ2n) is 6.25. The molecule has 1 N–H and O–H groups in total. The minimum Gasteiger partial charge on any atom is -0.383 e. The summed E-state index contributed by atoms with van der Waals surface area (Å²) < 4.78 is 31.3. The Balaban J connectivity index is 1.74. The van der Waals surface area contributed by atoms with Crippen molar-refractivity contribution in [3.05, 3.63) is 57.8 Å². The number of amides is 1. The Morgan fingerprint density at radius 2 is 2.00 bits per heavy atom. The molecule has 0 aliphatic heterocycles. The number of anilines is 1. The molecule has 0 unspecified atom stereocenters. The van der Waals surface area contributed by atoms with E-state index in [0.717, 1.165) is 11.8 Å². The number of halogens is 3. The first-order valence-electron chi connectivity index (χ1n) is 9.04. The fourth-order valence-electron chi connectivity index (χ4n) is 2.71. The highest BCUT2D eigenvalue weighted by atomic mass is 35.5. The standard InChI is InChI=1S/C20H18ClF2N3O3S2/c1-29-9-8-26-18(28)15-7-2-12(21)10-16(15)25-20(26)30-11-17(27)24-13-3-5-14(6-4-13)31-19(22)23/h2-7,10,19H,8-9,11H2,1H3,(H,24,27). The van der Waals surface area contributed by atoms with E-state index in [4.69, 9.17) is 16.3 Å². The number of carbonyl (C=O) groups is 1. The first kappa shape index (κ1) is 23.5. The summed E-state index contributed by atoms with van der Waals surface area (Å²) in [5.74, 6) is -2.83. The predicted molar refractivity (Wildman–Crippen MR) is 121 cm³/mol. The molecule has 3 aromatic rings. The molecule has 0 atom stereocenters. The molecule has 6 nitrogen and oxygen atoms in total. The van der Waals surface area contributed by atoms with E-state index in [-0.39, 0.29) is 23.8 Å². The van der Waals surface area contributed by atoms with Crippen molar-refractivity contribution in [3.8, 4) is 0 Å². The zero-order valence-electron chi connectivity index (χ0n) is 16.3. The van der Waals surface area contributed by atoms with Crippen molar-refractivity contribution in [1.82, 2.24) is 9.55 Å². The van der Waals surface area contributed by atoms with E-state index >= 15 is 0 Å². The summed E-state index contributed by atoms with van der Waals surface area (Å²) in [5, 5.41) is 3.95. The fraction of sp³-hybridized carbons (Fsp3) is 0.250. The summed E-state index contributed by atoms with van der Waals surface area (Å²) >= 11 is 7.56. The lowest BCUT2D eigenvalue weighted by molar-refractivity contribution is -0.113. The molecule has 0 saturated heterocycles. The maximum Gasteiger partial charge on any atom is 0.288 e. The molecule has 0 spiro atoms. The predicted octanol–water partition coefficient (Wildman–Crippen LogP) is 4.74. The van der Waals surface area contributed by atoms with E-state index < -0.39 is 5.76 Å². The fourth-order valence-corrected chi connectivity index (χ4v) is 4.20. The Labute approximate surface area is 190 Å². The van der Waals surface area contributed by atoms with Crippen LogP contribution in [0.2, 0.25) is 5.02 Å². The lowest BCUT2D eigenvalue weighted by Gasteiger charge is -2.13. The van der Waals surface area contributed by atoms with Gasteiger partial charge < -0.3 is 10.1 Å². The summed E-state index contributed by atoms with van der Waals surface area (Å²) in [7, 11) is 1.53.